The first-order chi connectivity index (χ1) is 16.1. The van der Waals surface area contributed by atoms with Gasteiger partial charge >= 0.3 is 6.03 Å². The highest BCUT2D eigenvalue weighted by molar-refractivity contribution is 6.07. The molecule has 1 atom stereocenters. The summed E-state index contributed by atoms with van der Waals surface area (Å²) in [7, 11) is 0. The third kappa shape index (κ3) is 3.97. The number of hydrogen-bond donors (Lipinski definition) is 2. The lowest BCUT2D eigenvalue weighted by Gasteiger charge is -2.34. The van der Waals surface area contributed by atoms with E-state index in [9.17, 15) is 9.59 Å². The summed E-state index contributed by atoms with van der Waals surface area (Å²) in [5.74, 6) is 0.00701. The number of fused-ring (bicyclic) bond motifs is 4. The lowest BCUT2D eigenvalue weighted by molar-refractivity contribution is -0.136. The van der Waals surface area contributed by atoms with E-state index >= 15 is 0 Å². The third-order valence-corrected chi connectivity index (χ3v) is 6.48. The molecule has 1 aliphatic heterocycles. The molecule has 2 N–H and O–H groups in total. The van der Waals surface area contributed by atoms with Crippen LogP contribution in [-0.4, -0.2) is 62.9 Å². The number of anilines is 1. The first kappa shape index (κ1) is 21.2. The number of H-pyrrole nitrogens is 1. The van der Waals surface area contributed by atoms with Gasteiger partial charge in [0, 0.05) is 42.8 Å². The average Bonchev–Trinajstić information content (AvgIpc) is 3.20. The molecule has 2 aromatic carbocycles. The zero-order valence-corrected chi connectivity index (χ0v) is 19.0. The minimum absolute atomic E-state index is 0.135. The van der Waals surface area contributed by atoms with Gasteiger partial charge in [0.05, 0.1) is 17.0 Å². The summed E-state index contributed by atoms with van der Waals surface area (Å²) in [6.45, 7) is 6.47. The Balaban J connectivity index is 1.37. The first-order valence-corrected chi connectivity index (χ1v) is 11.6. The van der Waals surface area contributed by atoms with Crippen LogP contribution in [0.1, 0.15) is 26.7 Å². The van der Waals surface area contributed by atoms with Crippen LogP contribution >= 0.6 is 0 Å². The predicted molar refractivity (Wildman–Crippen MR) is 130 cm³/mol. The number of piperidine rings is 1. The highest BCUT2D eigenvalue weighted by atomic mass is 16.2. The van der Waals surface area contributed by atoms with Crippen molar-refractivity contribution in [2.75, 3.05) is 31.5 Å². The van der Waals surface area contributed by atoms with Crippen molar-refractivity contribution in [2.24, 2.45) is 5.92 Å². The minimum atomic E-state index is -0.178. The van der Waals surface area contributed by atoms with Crippen LogP contribution in [0.3, 0.4) is 0 Å². The van der Waals surface area contributed by atoms with E-state index in [0.717, 1.165) is 45.9 Å². The average molecular weight is 445 g/mol. The van der Waals surface area contributed by atoms with E-state index < -0.39 is 0 Å². The first-order valence-electron chi connectivity index (χ1n) is 11.6. The fourth-order valence-corrected chi connectivity index (χ4v) is 4.69. The summed E-state index contributed by atoms with van der Waals surface area (Å²) in [5, 5.41) is 3.92. The molecule has 3 amide bonds. The maximum absolute atomic E-state index is 13.0. The molecule has 0 radical (unpaired) electrons. The van der Waals surface area contributed by atoms with Gasteiger partial charge in [-0.1, -0.05) is 12.1 Å². The number of hydrogen-bond acceptors (Lipinski definition) is 4. The van der Waals surface area contributed by atoms with Crippen molar-refractivity contribution in [1.29, 1.82) is 0 Å². The van der Waals surface area contributed by atoms with Crippen LogP contribution in [0, 0.1) is 5.92 Å². The number of amides is 3. The summed E-state index contributed by atoms with van der Waals surface area (Å²) in [4.78, 5) is 42.2. The number of para-hydroxylation sites is 2. The van der Waals surface area contributed by atoms with Crippen molar-refractivity contribution in [1.82, 2.24) is 24.8 Å². The fraction of sp³-hybridized carbons (Fsp3) is 0.360. The molecular weight excluding hydrogens is 416 g/mol. The quantitative estimate of drug-likeness (QED) is 0.489. The number of carbonyl (C=O) groups excluding carboxylic acids is 2. The van der Waals surface area contributed by atoms with Gasteiger partial charge in [-0.2, -0.15) is 0 Å². The number of rotatable bonds is 4. The monoisotopic (exact) mass is 444 g/mol. The highest BCUT2D eigenvalue weighted by Gasteiger charge is 2.30. The second-order valence-electron chi connectivity index (χ2n) is 8.52. The van der Waals surface area contributed by atoms with Gasteiger partial charge in [-0.3, -0.25) is 4.79 Å². The van der Waals surface area contributed by atoms with E-state index in [1.165, 1.54) is 0 Å². The summed E-state index contributed by atoms with van der Waals surface area (Å²) in [6, 6.07) is 13.3. The smallest absolute Gasteiger partial charge is 0.321 e. The van der Waals surface area contributed by atoms with E-state index in [1.54, 1.807) is 4.90 Å². The Kier molecular flexibility index (Phi) is 5.58. The number of carbonyl (C=O) groups is 2. The van der Waals surface area contributed by atoms with Crippen LogP contribution in [0.5, 0.6) is 0 Å². The predicted octanol–water partition coefficient (Wildman–Crippen LogP) is 4.38. The fourth-order valence-electron chi connectivity index (χ4n) is 4.69. The van der Waals surface area contributed by atoms with E-state index in [0.29, 0.717) is 31.9 Å². The van der Waals surface area contributed by atoms with Gasteiger partial charge in [-0.05, 0) is 57.0 Å². The second kappa shape index (κ2) is 8.69. The lowest BCUT2D eigenvalue weighted by Crippen LogP contribution is -2.47. The molecule has 1 saturated heterocycles. The summed E-state index contributed by atoms with van der Waals surface area (Å²) < 4.78 is 0. The Labute approximate surface area is 192 Å². The molecular formula is C25H28N6O2. The van der Waals surface area contributed by atoms with Crippen LogP contribution in [0.25, 0.3) is 33.1 Å². The van der Waals surface area contributed by atoms with E-state index in [4.69, 9.17) is 4.98 Å². The van der Waals surface area contributed by atoms with Gasteiger partial charge in [0.2, 0.25) is 5.91 Å². The van der Waals surface area contributed by atoms with Crippen molar-refractivity contribution < 1.29 is 9.59 Å². The molecule has 1 aliphatic rings. The van der Waals surface area contributed by atoms with Crippen LogP contribution in [0.2, 0.25) is 0 Å². The summed E-state index contributed by atoms with van der Waals surface area (Å²) >= 11 is 0. The standard InChI is InChI=1S/C25H28N6O2/c1-3-30(4-2)24(32)16-8-7-13-31(15-16)25(33)26-17-11-12-19-18(14-17)22-23(28-19)29-21-10-6-5-9-20(21)27-22/h5-6,9-12,14,16H,3-4,7-8,13,15H2,1-2H3,(H,26,33)(H,28,29)/t16-/m0/s1. The summed E-state index contributed by atoms with van der Waals surface area (Å²) in [6.07, 6.45) is 1.66. The molecule has 5 rings (SSSR count). The van der Waals surface area contributed by atoms with Gasteiger partial charge in [0.1, 0.15) is 5.52 Å². The van der Waals surface area contributed by atoms with Crippen molar-refractivity contribution in [2.45, 2.75) is 26.7 Å². The molecule has 8 heteroatoms. The number of nitrogens with zero attached hydrogens (tertiary/aromatic N) is 4. The largest absolute Gasteiger partial charge is 0.343 e. The molecule has 3 heterocycles. The van der Waals surface area contributed by atoms with Crippen molar-refractivity contribution in [3.05, 3.63) is 42.5 Å². The van der Waals surface area contributed by atoms with E-state index in [2.05, 4.69) is 15.3 Å². The van der Waals surface area contributed by atoms with Crippen LogP contribution < -0.4 is 5.32 Å². The number of urea groups is 1. The molecule has 0 aliphatic carbocycles. The number of benzene rings is 2. The van der Waals surface area contributed by atoms with Crippen molar-refractivity contribution >= 4 is 50.7 Å². The molecule has 0 saturated carbocycles. The Morgan fingerprint density at radius 3 is 2.64 bits per heavy atom. The van der Waals surface area contributed by atoms with Gasteiger partial charge in [-0.25, -0.2) is 14.8 Å². The molecule has 33 heavy (non-hydrogen) atoms. The molecule has 170 valence electrons. The molecule has 0 spiro atoms. The lowest BCUT2D eigenvalue weighted by atomic mass is 9.96. The molecule has 8 nitrogen and oxygen atoms in total. The maximum Gasteiger partial charge on any atom is 0.321 e. The second-order valence-corrected chi connectivity index (χ2v) is 8.52. The number of aromatic nitrogens is 3. The number of likely N-dealkylation sites (tertiary alicyclic amines) is 1. The van der Waals surface area contributed by atoms with Gasteiger partial charge in [-0.15, -0.1) is 0 Å². The van der Waals surface area contributed by atoms with Crippen molar-refractivity contribution in [3.63, 3.8) is 0 Å². The number of nitrogens with one attached hydrogen (secondary N) is 2. The van der Waals surface area contributed by atoms with Crippen LogP contribution in [0.4, 0.5) is 10.5 Å². The Morgan fingerprint density at radius 2 is 1.88 bits per heavy atom. The van der Waals surface area contributed by atoms with Gasteiger partial charge in [0.25, 0.3) is 0 Å². The molecule has 0 bridgehead atoms. The van der Waals surface area contributed by atoms with Crippen molar-refractivity contribution in [3.8, 4) is 0 Å². The normalized spacial score (nSPS) is 16.4. The van der Waals surface area contributed by atoms with Crippen LogP contribution in [-0.2, 0) is 4.79 Å². The molecule has 0 unspecified atom stereocenters. The summed E-state index contributed by atoms with van der Waals surface area (Å²) in [5.41, 5.74) is 4.78. The van der Waals surface area contributed by atoms with Gasteiger partial charge in [0.15, 0.2) is 5.65 Å². The highest BCUT2D eigenvalue weighted by Crippen LogP contribution is 2.28. The third-order valence-electron chi connectivity index (χ3n) is 6.48. The Bertz CT molecular complexity index is 1340. The molecule has 2 aromatic heterocycles. The van der Waals surface area contributed by atoms with E-state index in [-0.39, 0.29) is 17.9 Å². The SMILES string of the molecule is CCN(CC)C(=O)[C@H]1CCCN(C(=O)Nc2ccc3[nH]c4nc5ccccc5nc4c3c2)C1. The minimum Gasteiger partial charge on any atom is -0.343 e. The van der Waals surface area contributed by atoms with Gasteiger partial charge < -0.3 is 20.1 Å². The Hall–Kier alpha value is -3.68. The van der Waals surface area contributed by atoms with E-state index in [1.807, 2.05) is 61.2 Å². The zero-order valence-electron chi connectivity index (χ0n) is 19.0. The Morgan fingerprint density at radius 1 is 1.12 bits per heavy atom. The number of aromatic amines is 1. The molecule has 1 fully saturated rings. The zero-order chi connectivity index (χ0) is 22.9. The maximum atomic E-state index is 13.0. The molecule has 4 aromatic rings. The van der Waals surface area contributed by atoms with Crippen LogP contribution in [0.15, 0.2) is 42.5 Å². The topological polar surface area (TPSA) is 94.2 Å².